The van der Waals surface area contributed by atoms with E-state index in [1.165, 1.54) is 23.4 Å². The van der Waals surface area contributed by atoms with Gasteiger partial charge in [0.15, 0.2) is 0 Å². The average molecular weight is 457 g/mol. The fraction of sp³-hybridized carbons (Fsp3) is 0.207. The van der Waals surface area contributed by atoms with Crippen LogP contribution < -0.4 is 5.63 Å². The molecule has 1 N–H and O–H groups in total. The third kappa shape index (κ3) is 5.07. The van der Waals surface area contributed by atoms with E-state index in [-0.39, 0.29) is 10.6 Å². The highest BCUT2D eigenvalue weighted by molar-refractivity contribution is 7.99. The lowest BCUT2D eigenvalue weighted by Gasteiger charge is -2.16. The molecule has 0 aliphatic rings. The van der Waals surface area contributed by atoms with E-state index >= 15 is 0 Å². The molecule has 4 aromatic rings. The summed E-state index contributed by atoms with van der Waals surface area (Å²) >= 11 is 1.28. The van der Waals surface area contributed by atoms with Crippen LogP contribution in [-0.2, 0) is 0 Å². The van der Waals surface area contributed by atoms with Crippen molar-refractivity contribution in [3.8, 4) is 28.2 Å². The molecule has 0 fully saturated rings. The van der Waals surface area contributed by atoms with Crippen LogP contribution >= 0.6 is 11.8 Å². The van der Waals surface area contributed by atoms with Crippen molar-refractivity contribution < 1.29 is 9.52 Å². The number of benzene rings is 3. The van der Waals surface area contributed by atoms with Crippen molar-refractivity contribution >= 4 is 11.8 Å². The molecule has 0 bridgehead atoms. The van der Waals surface area contributed by atoms with Gasteiger partial charge in [0.2, 0.25) is 0 Å². The highest BCUT2D eigenvalue weighted by Gasteiger charge is 2.18. The van der Waals surface area contributed by atoms with Gasteiger partial charge in [-0.05, 0) is 46.2 Å². The van der Waals surface area contributed by atoms with Crippen molar-refractivity contribution in [2.24, 2.45) is 0 Å². The summed E-state index contributed by atoms with van der Waals surface area (Å²) in [7, 11) is 0. The SMILES string of the molecule is CC(C)c1ccc(C(C)C)c(Sc2c(O)cc(-c3cccc(-c4ccccc4)c3)oc2=O)c1. The van der Waals surface area contributed by atoms with E-state index in [0.717, 1.165) is 27.1 Å². The van der Waals surface area contributed by atoms with Crippen LogP contribution in [0.4, 0.5) is 0 Å². The van der Waals surface area contributed by atoms with Gasteiger partial charge < -0.3 is 9.52 Å². The Labute approximate surface area is 199 Å². The molecule has 168 valence electrons. The summed E-state index contributed by atoms with van der Waals surface area (Å²) in [5.41, 5.74) is 4.63. The van der Waals surface area contributed by atoms with Gasteiger partial charge in [-0.2, -0.15) is 0 Å². The predicted octanol–water partition coefficient (Wildman–Crippen LogP) is 8.08. The molecule has 4 heteroatoms. The fourth-order valence-electron chi connectivity index (χ4n) is 3.77. The molecule has 3 nitrogen and oxygen atoms in total. The minimum atomic E-state index is -0.537. The van der Waals surface area contributed by atoms with Gasteiger partial charge in [-0.3, -0.25) is 0 Å². The Morgan fingerprint density at radius 1 is 0.758 bits per heavy atom. The largest absolute Gasteiger partial charge is 0.506 e. The standard InChI is InChI=1S/C29H28O3S/c1-18(2)21-13-14-24(19(3)4)27(16-21)33-28-25(30)17-26(32-29(28)31)23-12-8-11-22(15-23)20-9-6-5-7-10-20/h5-19,30H,1-4H3. The van der Waals surface area contributed by atoms with E-state index in [9.17, 15) is 9.90 Å². The molecular formula is C29H28O3S. The third-order valence-electron chi connectivity index (χ3n) is 5.68. The van der Waals surface area contributed by atoms with Gasteiger partial charge in [0.1, 0.15) is 16.4 Å². The molecule has 0 atom stereocenters. The average Bonchev–Trinajstić information content (AvgIpc) is 2.81. The second-order valence-corrected chi connectivity index (χ2v) is 9.82. The Bertz CT molecular complexity index is 1320. The summed E-state index contributed by atoms with van der Waals surface area (Å²) in [4.78, 5) is 14.1. The Kier molecular flexibility index (Phi) is 6.75. The van der Waals surface area contributed by atoms with Gasteiger partial charge >= 0.3 is 5.63 Å². The molecule has 0 amide bonds. The van der Waals surface area contributed by atoms with Crippen molar-refractivity contribution in [1.82, 2.24) is 0 Å². The molecule has 3 aromatic carbocycles. The Morgan fingerprint density at radius 3 is 2.12 bits per heavy atom. The Hall–Kier alpha value is -3.24. The van der Waals surface area contributed by atoms with E-state index in [2.05, 4.69) is 45.9 Å². The molecule has 4 rings (SSSR count). The quantitative estimate of drug-likeness (QED) is 0.319. The maximum absolute atomic E-state index is 12.9. The summed E-state index contributed by atoms with van der Waals surface area (Å²) in [5.74, 6) is 0.943. The minimum absolute atomic E-state index is 0.0685. The van der Waals surface area contributed by atoms with Crippen molar-refractivity contribution in [3.63, 3.8) is 0 Å². The number of rotatable bonds is 6. The first-order valence-electron chi connectivity index (χ1n) is 11.2. The summed E-state index contributed by atoms with van der Waals surface area (Å²) in [6.07, 6.45) is 0. The molecule has 33 heavy (non-hydrogen) atoms. The summed E-state index contributed by atoms with van der Waals surface area (Å²) in [6.45, 7) is 8.53. The van der Waals surface area contributed by atoms with E-state index in [1.54, 1.807) is 0 Å². The van der Waals surface area contributed by atoms with Crippen LogP contribution in [0, 0.1) is 0 Å². The molecule has 0 saturated heterocycles. The van der Waals surface area contributed by atoms with Crippen LogP contribution in [0.25, 0.3) is 22.5 Å². The number of aromatic hydroxyl groups is 1. The van der Waals surface area contributed by atoms with Crippen molar-refractivity contribution in [2.45, 2.75) is 49.3 Å². The van der Waals surface area contributed by atoms with Crippen molar-refractivity contribution in [2.75, 3.05) is 0 Å². The van der Waals surface area contributed by atoms with Crippen LogP contribution in [0.3, 0.4) is 0 Å². The van der Waals surface area contributed by atoms with Gasteiger partial charge in [0, 0.05) is 16.5 Å². The fourth-order valence-corrected chi connectivity index (χ4v) is 4.90. The van der Waals surface area contributed by atoms with Crippen LogP contribution in [-0.4, -0.2) is 5.11 Å². The second-order valence-electron chi connectivity index (χ2n) is 8.77. The van der Waals surface area contributed by atoms with Crippen LogP contribution in [0.5, 0.6) is 5.75 Å². The van der Waals surface area contributed by atoms with Crippen LogP contribution in [0.2, 0.25) is 0 Å². The van der Waals surface area contributed by atoms with Crippen LogP contribution in [0.15, 0.2) is 97.9 Å². The van der Waals surface area contributed by atoms with Gasteiger partial charge in [-0.15, -0.1) is 0 Å². The monoisotopic (exact) mass is 456 g/mol. The smallest absolute Gasteiger partial charge is 0.354 e. The lowest BCUT2D eigenvalue weighted by Crippen LogP contribution is -2.04. The third-order valence-corrected chi connectivity index (χ3v) is 6.83. The predicted molar refractivity (Wildman–Crippen MR) is 136 cm³/mol. The highest BCUT2D eigenvalue weighted by Crippen LogP contribution is 2.39. The molecule has 0 saturated carbocycles. The van der Waals surface area contributed by atoms with Crippen molar-refractivity contribution in [1.29, 1.82) is 0 Å². The Balaban J connectivity index is 1.71. The molecule has 0 radical (unpaired) electrons. The lowest BCUT2D eigenvalue weighted by molar-refractivity contribution is 0.430. The summed E-state index contributed by atoms with van der Waals surface area (Å²) < 4.78 is 5.68. The van der Waals surface area contributed by atoms with E-state index in [4.69, 9.17) is 4.42 Å². The lowest BCUT2D eigenvalue weighted by atomic mass is 9.97. The maximum Gasteiger partial charge on any atom is 0.354 e. The zero-order chi connectivity index (χ0) is 23.5. The van der Waals surface area contributed by atoms with E-state index in [1.807, 2.05) is 54.6 Å². The summed E-state index contributed by atoms with van der Waals surface area (Å²) in [5, 5.41) is 10.8. The van der Waals surface area contributed by atoms with E-state index < -0.39 is 5.63 Å². The first-order valence-corrected chi connectivity index (χ1v) is 12.0. The molecule has 0 aliphatic carbocycles. The molecule has 1 heterocycles. The van der Waals surface area contributed by atoms with Crippen molar-refractivity contribution in [3.05, 3.63) is 100 Å². The zero-order valence-electron chi connectivity index (χ0n) is 19.3. The first kappa shape index (κ1) is 22.9. The van der Waals surface area contributed by atoms with Crippen LogP contribution in [0.1, 0.15) is 50.7 Å². The van der Waals surface area contributed by atoms with Gasteiger partial charge in [0.05, 0.1) is 0 Å². The molecule has 0 aliphatic heterocycles. The molecule has 0 spiro atoms. The minimum Gasteiger partial charge on any atom is -0.506 e. The topological polar surface area (TPSA) is 50.4 Å². The second kappa shape index (κ2) is 9.72. The first-order chi connectivity index (χ1) is 15.8. The number of hydrogen-bond donors (Lipinski definition) is 1. The van der Waals surface area contributed by atoms with Gasteiger partial charge in [-0.1, -0.05) is 100 Å². The highest BCUT2D eigenvalue weighted by atomic mass is 32.2. The van der Waals surface area contributed by atoms with Gasteiger partial charge in [-0.25, -0.2) is 4.79 Å². The number of hydrogen-bond acceptors (Lipinski definition) is 4. The zero-order valence-corrected chi connectivity index (χ0v) is 20.1. The Morgan fingerprint density at radius 2 is 1.45 bits per heavy atom. The normalized spacial score (nSPS) is 11.3. The molecular weight excluding hydrogens is 428 g/mol. The van der Waals surface area contributed by atoms with Gasteiger partial charge in [0.25, 0.3) is 0 Å². The van der Waals surface area contributed by atoms with E-state index in [0.29, 0.717) is 17.6 Å². The summed E-state index contributed by atoms with van der Waals surface area (Å²) in [6, 6.07) is 25.7. The molecule has 1 aromatic heterocycles. The molecule has 0 unspecified atom stereocenters. The maximum atomic E-state index is 12.9.